The highest BCUT2D eigenvalue weighted by molar-refractivity contribution is 6.02. The van der Waals surface area contributed by atoms with Crippen LogP contribution in [0.4, 0.5) is 5.69 Å². The topological polar surface area (TPSA) is 109 Å². The SMILES string of the molecule is COC(=O)c1ccccc1NC(=O)COC(=O)c1cc(OC)c(OC)c(OC)c1. The van der Waals surface area contributed by atoms with Crippen molar-refractivity contribution in [3.63, 3.8) is 0 Å². The molecule has 1 amide bonds. The normalized spacial score (nSPS) is 9.93. The highest BCUT2D eigenvalue weighted by atomic mass is 16.5. The monoisotopic (exact) mass is 403 g/mol. The third kappa shape index (κ3) is 5.16. The van der Waals surface area contributed by atoms with Gasteiger partial charge in [0.25, 0.3) is 5.91 Å². The Balaban J connectivity index is 2.08. The molecule has 0 heterocycles. The summed E-state index contributed by atoms with van der Waals surface area (Å²) in [6, 6.07) is 9.13. The summed E-state index contributed by atoms with van der Waals surface area (Å²) in [6.45, 7) is -0.564. The number of methoxy groups -OCH3 is 4. The summed E-state index contributed by atoms with van der Waals surface area (Å²) in [5, 5.41) is 2.51. The van der Waals surface area contributed by atoms with Gasteiger partial charge in [-0.3, -0.25) is 4.79 Å². The van der Waals surface area contributed by atoms with Gasteiger partial charge in [-0.25, -0.2) is 9.59 Å². The third-order valence-electron chi connectivity index (χ3n) is 3.84. The summed E-state index contributed by atoms with van der Waals surface area (Å²) < 4.78 is 25.3. The van der Waals surface area contributed by atoms with Crippen LogP contribution in [0, 0.1) is 0 Å². The molecule has 0 aromatic heterocycles. The van der Waals surface area contributed by atoms with Crippen LogP contribution < -0.4 is 19.5 Å². The minimum Gasteiger partial charge on any atom is -0.493 e. The van der Waals surface area contributed by atoms with E-state index in [0.29, 0.717) is 5.75 Å². The lowest BCUT2D eigenvalue weighted by atomic mass is 10.2. The zero-order valence-corrected chi connectivity index (χ0v) is 16.4. The molecule has 0 saturated heterocycles. The maximum Gasteiger partial charge on any atom is 0.339 e. The van der Waals surface area contributed by atoms with E-state index in [-0.39, 0.29) is 28.3 Å². The molecule has 9 heteroatoms. The molecular weight excluding hydrogens is 382 g/mol. The number of rotatable bonds is 8. The first kappa shape index (κ1) is 21.5. The Kier molecular flexibility index (Phi) is 7.41. The maximum atomic E-state index is 12.3. The Morgan fingerprint density at radius 3 is 2.03 bits per heavy atom. The van der Waals surface area contributed by atoms with Crippen LogP contribution in [0.25, 0.3) is 0 Å². The molecule has 2 aromatic carbocycles. The predicted octanol–water partition coefficient (Wildman–Crippen LogP) is 2.29. The van der Waals surface area contributed by atoms with Crippen molar-refractivity contribution in [2.24, 2.45) is 0 Å². The number of amides is 1. The van der Waals surface area contributed by atoms with Crippen LogP contribution in [0.2, 0.25) is 0 Å². The van der Waals surface area contributed by atoms with Crippen molar-refractivity contribution >= 4 is 23.5 Å². The second kappa shape index (κ2) is 9.98. The number of anilines is 1. The summed E-state index contributed by atoms with van der Waals surface area (Å²) in [6.07, 6.45) is 0. The van der Waals surface area contributed by atoms with Gasteiger partial charge in [0.15, 0.2) is 18.1 Å². The van der Waals surface area contributed by atoms with Crippen LogP contribution in [0.15, 0.2) is 36.4 Å². The van der Waals surface area contributed by atoms with Gasteiger partial charge >= 0.3 is 11.9 Å². The van der Waals surface area contributed by atoms with E-state index in [1.54, 1.807) is 12.1 Å². The lowest BCUT2D eigenvalue weighted by Crippen LogP contribution is -2.22. The number of hydrogen-bond donors (Lipinski definition) is 1. The quantitative estimate of drug-likeness (QED) is 0.669. The molecule has 1 N–H and O–H groups in total. The molecule has 0 fully saturated rings. The molecule has 0 aliphatic carbocycles. The molecule has 0 saturated carbocycles. The summed E-state index contributed by atoms with van der Waals surface area (Å²) in [7, 11) is 5.51. The summed E-state index contributed by atoms with van der Waals surface area (Å²) in [4.78, 5) is 36.2. The van der Waals surface area contributed by atoms with Crippen LogP contribution in [-0.2, 0) is 14.3 Å². The van der Waals surface area contributed by atoms with Crippen molar-refractivity contribution in [3.8, 4) is 17.2 Å². The van der Waals surface area contributed by atoms with Gasteiger partial charge in [-0.05, 0) is 24.3 Å². The first-order chi connectivity index (χ1) is 13.9. The molecule has 0 spiro atoms. The third-order valence-corrected chi connectivity index (χ3v) is 3.84. The number of ether oxygens (including phenoxy) is 5. The molecule has 0 bridgehead atoms. The van der Waals surface area contributed by atoms with Crippen molar-refractivity contribution in [2.45, 2.75) is 0 Å². The molecule has 0 aliphatic heterocycles. The van der Waals surface area contributed by atoms with Crippen molar-refractivity contribution in [1.29, 1.82) is 0 Å². The zero-order chi connectivity index (χ0) is 21.4. The molecule has 2 aromatic rings. The number of esters is 2. The molecule has 0 radical (unpaired) electrons. The summed E-state index contributed by atoms with van der Waals surface area (Å²) in [5.41, 5.74) is 0.537. The fourth-order valence-electron chi connectivity index (χ4n) is 2.48. The minimum absolute atomic E-state index is 0.113. The Morgan fingerprint density at radius 1 is 0.862 bits per heavy atom. The molecule has 154 valence electrons. The maximum absolute atomic E-state index is 12.3. The second-order valence-corrected chi connectivity index (χ2v) is 5.58. The van der Waals surface area contributed by atoms with Crippen LogP contribution in [0.3, 0.4) is 0 Å². The van der Waals surface area contributed by atoms with E-state index in [4.69, 9.17) is 18.9 Å². The highest BCUT2D eigenvalue weighted by Crippen LogP contribution is 2.38. The fourth-order valence-corrected chi connectivity index (χ4v) is 2.48. The lowest BCUT2D eigenvalue weighted by molar-refractivity contribution is -0.119. The Bertz CT molecular complexity index is 884. The largest absolute Gasteiger partial charge is 0.493 e. The fraction of sp³-hybridized carbons (Fsp3) is 0.250. The van der Waals surface area contributed by atoms with Gasteiger partial charge in [0.1, 0.15) is 0 Å². The second-order valence-electron chi connectivity index (χ2n) is 5.58. The smallest absolute Gasteiger partial charge is 0.339 e. The van der Waals surface area contributed by atoms with Crippen LogP contribution in [0.1, 0.15) is 20.7 Å². The van der Waals surface area contributed by atoms with E-state index in [0.717, 1.165) is 0 Å². The van der Waals surface area contributed by atoms with Crippen molar-refractivity contribution < 1.29 is 38.1 Å². The molecule has 0 aliphatic rings. The average Bonchev–Trinajstić information content (AvgIpc) is 2.76. The van der Waals surface area contributed by atoms with Gasteiger partial charge in [-0.2, -0.15) is 0 Å². The van der Waals surface area contributed by atoms with E-state index in [1.165, 1.54) is 52.7 Å². The summed E-state index contributed by atoms with van der Waals surface area (Å²) >= 11 is 0. The molecular formula is C20H21NO8. The molecule has 0 atom stereocenters. The molecule has 0 unspecified atom stereocenters. The summed E-state index contributed by atoms with van der Waals surface area (Å²) in [5.74, 6) is -1.12. The number of hydrogen-bond acceptors (Lipinski definition) is 8. The van der Waals surface area contributed by atoms with E-state index in [9.17, 15) is 14.4 Å². The molecule has 9 nitrogen and oxygen atoms in total. The number of para-hydroxylation sites is 1. The Hall–Kier alpha value is -3.75. The van der Waals surface area contributed by atoms with Crippen molar-refractivity contribution in [3.05, 3.63) is 47.5 Å². The van der Waals surface area contributed by atoms with E-state index < -0.39 is 24.5 Å². The number of nitrogens with one attached hydrogen (secondary N) is 1. The highest BCUT2D eigenvalue weighted by Gasteiger charge is 2.19. The lowest BCUT2D eigenvalue weighted by Gasteiger charge is -2.14. The van der Waals surface area contributed by atoms with E-state index in [1.807, 2.05) is 0 Å². The van der Waals surface area contributed by atoms with Gasteiger partial charge in [-0.1, -0.05) is 12.1 Å². The van der Waals surface area contributed by atoms with E-state index in [2.05, 4.69) is 10.1 Å². The first-order valence-corrected chi connectivity index (χ1v) is 8.39. The Labute approximate surface area is 167 Å². The number of carbonyl (C=O) groups is 3. The van der Waals surface area contributed by atoms with Gasteiger partial charge in [0.05, 0.1) is 45.3 Å². The average molecular weight is 403 g/mol. The van der Waals surface area contributed by atoms with Gasteiger partial charge in [0, 0.05) is 0 Å². The van der Waals surface area contributed by atoms with Crippen LogP contribution in [0.5, 0.6) is 17.2 Å². The van der Waals surface area contributed by atoms with Gasteiger partial charge in [-0.15, -0.1) is 0 Å². The van der Waals surface area contributed by atoms with Crippen molar-refractivity contribution in [1.82, 2.24) is 0 Å². The van der Waals surface area contributed by atoms with Crippen LogP contribution >= 0.6 is 0 Å². The number of carbonyl (C=O) groups excluding carboxylic acids is 3. The predicted molar refractivity (Wildman–Crippen MR) is 103 cm³/mol. The zero-order valence-electron chi connectivity index (χ0n) is 16.4. The standard InChI is InChI=1S/C20H21NO8/c1-25-15-9-12(10-16(26-2)18(15)27-3)19(23)29-11-17(22)21-14-8-6-5-7-13(14)20(24)28-4/h5-10H,11H2,1-4H3,(H,21,22). The Morgan fingerprint density at radius 2 is 1.48 bits per heavy atom. The minimum atomic E-state index is -0.763. The van der Waals surface area contributed by atoms with Gasteiger partial charge in [0.2, 0.25) is 5.75 Å². The van der Waals surface area contributed by atoms with E-state index >= 15 is 0 Å². The number of benzene rings is 2. The van der Waals surface area contributed by atoms with Crippen molar-refractivity contribution in [2.75, 3.05) is 40.4 Å². The first-order valence-electron chi connectivity index (χ1n) is 8.39. The molecule has 29 heavy (non-hydrogen) atoms. The van der Waals surface area contributed by atoms with Crippen LogP contribution in [-0.4, -0.2) is 52.9 Å². The molecule has 2 rings (SSSR count). The van der Waals surface area contributed by atoms with Gasteiger partial charge < -0.3 is 29.0 Å².